The molecule has 0 amide bonds. The summed E-state index contributed by atoms with van der Waals surface area (Å²) in [5, 5.41) is 3.63. The third-order valence-corrected chi connectivity index (χ3v) is 4.07. The lowest BCUT2D eigenvalue weighted by molar-refractivity contribution is 0.492. The molecule has 0 bridgehead atoms. The predicted octanol–water partition coefficient (Wildman–Crippen LogP) is 4.49. The second-order valence-corrected chi connectivity index (χ2v) is 5.47. The minimum absolute atomic E-state index is 0.126. The summed E-state index contributed by atoms with van der Waals surface area (Å²) in [6.45, 7) is 0.126. The van der Waals surface area contributed by atoms with E-state index in [9.17, 15) is 8.78 Å². The number of rotatable bonds is 4. The first-order valence-electron chi connectivity index (χ1n) is 5.88. The number of hydrogen-bond acceptors (Lipinski definition) is 2. The summed E-state index contributed by atoms with van der Waals surface area (Å²) in [6.07, 6.45) is 0. The first kappa shape index (κ1) is 15.2. The van der Waals surface area contributed by atoms with Crippen molar-refractivity contribution in [2.75, 3.05) is 11.9 Å². The van der Waals surface area contributed by atoms with Crippen molar-refractivity contribution in [3.8, 4) is 0 Å². The highest BCUT2D eigenvalue weighted by atomic mass is 79.9. The van der Waals surface area contributed by atoms with Crippen molar-refractivity contribution in [3.05, 3.63) is 63.1 Å². The molecule has 1 atom stereocenters. The van der Waals surface area contributed by atoms with E-state index in [1.165, 1.54) is 12.1 Å². The van der Waals surface area contributed by atoms with Gasteiger partial charge in [-0.05, 0) is 40.2 Å². The standard InChI is InChI=1S/C14H12BrClF2N2/c15-10-6-8(4-5-11(10)16)20-13(7-19)9-2-1-3-12(17)14(9)18/h1-6,13,20H,7,19H2. The zero-order chi connectivity index (χ0) is 14.7. The molecule has 0 aliphatic heterocycles. The second kappa shape index (κ2) is 6.52. The van der Waals surface area contributed by atoms with E-state index in [1.807, 2.05) is 0 Å². The van der Waals surface area contributed by atoms with Crippen LogP contribution in [0.2, 0.25) is 5.02 Å². The Morgan fingerprint density at radius 3 is 2.65 bits per heavy atom. The number of nitrogens with two attached hydrogens (primary N) is 1. The monoisotopic (exact) mass is 360 g/mol. The van der Waals surface area contributed by atoms with Crippen LogP contribution >= 0.6 is 27.5 Å². The Morgan fingerprint density at radius 2 is 2.00 bits per heavy atom. The molecule has 0 spiro atoms. The molecule has 3 N–H and O–H groups in total. The smallest absolute Gasteiger partial charge is 0.164 e. The summed E-state index contributed by atoms with van der Waals surface area (Å²) in [6, 6.07) is 8.70. The van der Waals surface area contributed by atoms with Gasteiger partial charge in [-0.1, -0.05) is 23.7 Å². The second-order valence-electron chi connectivity index (χ2n) is 4.20. The highest BCUT2D eigenvalue weighted by Gasteiger charge is 2.17. The number of benzene rings is 2. The minimum Gasteiger partial charge on any atom is -0.377 e. The molecule has 0 fully saturated rings. The highest BCUT2D eigenvalue weighted by Crippen LogP contribution is 2.28. The fourth-order valence-electron chi connectivity index (χ4n) is 1.84. The average Bonchev–Trinajstić information content (AvgIpc) is 2.43. The van der Waals surface area contributed by atoms with Crippen LogP contribution in [0.5, 0.6) is 0 Å². The maximum Gasteiger partial charge on any atom is 0.164 e. The third-order valence-electron chi connectivity index (χ3n) is 2.85. The molecule has 0 saturated heterocycles. The predicted molar refractivity (Wildman–Crippen MR) is 80.9 cm³/mol. The summed E-state index contributed by atoms with van der Waals surface area (Å²) in [5.41, 5.74) is 6.55. The van der Waals surface area contributed by atoms with Crippen molar-refractivity contribution >= 4 is 33.2 Å². The van der Waals surface area contributed by atoms with E-state index in [1.54, 1.807) is 18.2 Å². The fraction of sp³-hybridized carbons (Fsp3) is 0.143. The van der Waals surface area contributed by atoms with Crippen LogP contribution in [0.15, 0.2) is 40.9 Å². The van der Waals surface area contributed by atoms with E-state index in [2.05, 4.69) is 21.2 Å². The van der Waals surface area contributed by atoms with Gasteiger partial charge < -0.3 is 11.1 Å². The largest absolute Gasteiger partial charge is 0.377 e. The summed E-state index contributed by atoms with van der Waals surface area (Å²) in [7, 11) is 0. The molecule has 20 heavy (non-hydrogen) atoms. The summed E-state index contributed by atoms with van der Waals surface area (Å²) < 4.78 is 27.8. The highest BCUT2D eigenvalue weighted by molar-refractivity contribution is 9.10. The van der Waals surface area contributed by atoms with Gasteiger partial charge in [-0.3, -0.25) is 0 Å². The maximum absolute atomic E-state index is 13.8. The van der Waals surface area contributed by atoms with Gasteiger partial charge in [0.2, 0.25) is 0 Å². The van der Waals surface area contributed by atoms with Gasteiger partial charge in [0, 0.05) is 22.3 Å². The van der Waals surface area contributed by atoms with Gasteiger partial charge in [-0.2, -0.15) is 0 Å². The Hall–Kier alpha value is -1.17. The van der Waals surface area contributed by atoms with E-state index in [-0.39, 0.29) is 12.1 Å². The number of hydrogen-bond donors (Lipinski definition) is 2. The Balaban J connectivity index is 2.28. The lowest BCUT2D eigenvalue weighted by atomic mass is 10.1. The van der Waals surface area contributed by atoms with Gasteiger partial charge in [-0.15, -0.1) is 0 Å². The quantitative estimate of drug-likeness (QED) is 0.842. The molecule has 106 valence electrons. The first-order valence-corrected chi connectivity index (χ1v) is 7.05. The number of anilines is 1. The molecule has 1 unspecified atom stereocenters. The Bertz CT molecular complexity index is 622. The van der Waals surface area contributed by atoms with Gasteiger partial charge in [-0.25, -0.2) is 8.78 Å². The lowest BCUT2D eigenvalue weighted by Crippen LogP contribution is -2.22. The molecule has 2 aromatic rings. The van der Waals surface area contributed by atoms with E-state index in [0.717, 1.165) is 6.07 Å². The molecule has 6 heteroatoms. The zero-order valence-corrected chi connectivity index (χ0v) is 12.7. The average molecular weight is 362 g/mol. The van der Waals surface area contributed by atoms with Crippen LogP contribution in [0.1, 0.15) is 11.6 Å². The number of nitrogens with one attached hydrogen (secondary N) is 1. The fourth-order valence-corrected chi connectivity index (χ4v) is 2.34. The molecule has 0 radical (unpaired) electrons. The van der Waals surface area contributed by atoms with E-state index >= 15 is 0 Å². The maximum atomic E-state index is 13.8. The minimum atomic E-state index is -0.889. The van der Waals surface area contributed by atoms with Crippen molar-refractivity contribution in [2.24, 2.45) is 5.73 Å². The van der Waals surface area contributed by atoms with Crippen molar-refractivity contribution in [2.45, 2.75) is 6.04 Å². The summed E-state index contributed by atoms with van der Waals surface area (Å²) in [4.78, 5) is 0. The van der Waals surface area contributed by atoms with Crippen LogP contribution in [-0.4, -0.2) is 6.54 Å². The number of halogens is 4. The first-order chi connectivity index (χ1) is 9.52. The molecule has 0 aromatic heterocycles. The van der Waals surface area contributed by atoms with E-state index in [0.29, 0.717) is 15.2 Å². The van der Waals surface area contributed by atoms with Gasteiger partial charge in [0.05, 0.1) is 11.1 Å². The van der Waals surface area contributed by atoms with E-state index < -0.39 is 17.7 Å². The van der Waals surface area contributed by atoms with Gasteiger partial charge in [0.25, 0.3) is 0 Å². The summed E-state index contributed by atoms with van der Waals surface area (Å²) >= 11 is 9.21. The molecule has 2 aromatic carbocycles. The van der Waals surface area contributed by atoms with Crippen LogP contribution in [0.4, 0.5) is 14.5 Å². The lowest BCUT2D eigenvalue weighted by Gasteiger charge is -2.19. The van der Waals surface area contributed by atoms with Crippen molar-refractivity contribution < 1.29 is 8.78 Å². The van der Waals surface area contributed by atoms with Gasteiger partial charge >= 0.3 is 0 Å². The van der Waals surface area contributed by atoms with Gasteiger partial charge in [0.1, 0.15) is 0 Å². The zero-order valence-electron chi connectivity index (χ0n) is 10.3. The molecular formula is C14H12BrClF2N2. The molecule has 0 aliphatic carbocycles. The molecule has 2 rings (SSSR count). The Kier molecular flexibility index (Phi) is 4.96. The van der Waals surface area contributed by atoms with Crippen molar-refractivity contribution in [1.82, 2.24) is 0 Å². The Morgan fingerprint density at radius 1 is 1.25 bits per heavy atom. The van der Waals surface area contributed by atoms with Crippen LogP contribution in [0.3, 0.4) is 0 Å². The van der Waals surface area contributed by atoms with Gasteiger partial charge in [0.15, 0.2) is 11.6 Å². The van der Waals surface area contributed by atoms with E-state index in [4.69, 9.17) is 17.3 Å². The molecule has 0 heterocycles. The van der Waals surface area contributed by atoms with Crippen molar-refractivity contribution in [3.63, 3.8) is 0 Å². The van der Waals surface area contributed by atoms with Crippen LogP contribution in [0.25, 0.3) is 0 Å². The summed E-state index contributed by atoms with van der Waals surface area (Å²) in [5.74, 6) is -1.77. The SMILES string of the molecule is NCC(Nc1ccc(Cl)c(Br)c1)c1cccc(F)c1F. The van der Waals surface area contributed by atoms with Crippen LogP contribution < -0.4 is 11.1 Å². The topological polar surface area (TPSA) is 38.0 Å². The van der Waals surface area contributed by atoms with Crippen molar-refractivity contribution in [1.29, 1.82) is 0 Å². The molecule has 0 saturated carbocycles. The molecule has 2 nitrogen and oxygen atoms in total. The normalized spacial score (nSPS) is 12.2. The Labute approximate surface area is 129 Å². The third kappa shape index (κ3) is 3.29. The molecule has 0 aliphatic rings. The molecular weight excluding hydrogens is 350 g/mol. The van der Waals surface area contributed by atoms with Crippen LogP contribution in [0, 0.1) is 11.6 Å². The van der Waals surface area contributed by atoms with Crippen LogP contribution in [-0.2, 0) is 0 Å².